The number of hydrogen-bond acceptors (Lipinski definition) is 1. The van der Waals surface area contributed by atoms with Gasteiger partial charge in [0.15, 0.2) is 0 Å². The van der Waals surface area contributed by atoms with Crippen LogP contribution < -0.4 is 0 Å². The van der Waals surface area contributed by atoms with Gasteiger partial charge in [0.25, 0.3) is 0 Å². The maximum Gasteiger partial charge on any atom is 0.0619 e. The molecule has 23 heavy (non-hydrogen) atoms. The molecule has 0 heterocycles. The molecule has 0 fully saturated rings. The van der Waals surface area contributed by atoms with Gasteiger partial charge in [-0.3, -0.25) is 0 Å². The van der Waals surface area contributed by atoms with Gasteiger partial charge in [-0.05, 0) is 56.6 Å². The van der Waals surface area contributed by atoms with Crippen molar-refractivity contribution in [1.29, 1.82) is 0 Å². The fourth-order valence-electron chi connectivity index (χ4n) is 3.73. The zero-order valence-corrected chi connectivity index (χ0v) is 15.2. The normalized spacial score (nSPS) is 22.0. The molecule has 0 saturated heterocycles. The zero-order chi connectivity index (χ0) is 16.4. The maximum atomic E-state index is 10.5. The highest BCUT2D eigenvalue weighted by atomic mass is 16.3. The van der Waals surface area contributed by atoms with E-state index in [-0.39, 0.29) is 0 Å². The third kappa shape index (κ3) is 8.01. The largest absolute Gasteiger partial charge is 0.390 e. The van der Waals surface area contributed by atoms with Crippen LogP contribution in [0.25, 0.3) is 0 Å². The summed E-state index contributed by atoms with van der Waals surface area (Å²) in [4.78, 5) is 0. The Morgan fingerprint density at radius 3 is 1.39 bits per heavy atom. The van der Waals surface area contributed by atoms with Gasteiger partial charge in [-0.1, -0.05) is 75.6 Å². The van der Waals surface area contributed by atoms with Crippen LogP contribution in [-0.2, 0) is 12.8 Å². The Morgan fingerprint density at radius 1 is 0.609 bits per heavy atom. The molecule has 2 bridgehead atoms. The number of hydrogen-bond donors (Lipinski definition) is 1. The van der Waals surface area contributed by atoms with Crippen LogP contribution in [0.2, 0.25) is 0 Å². The number of aryl methyl sites for hydroxylation is 2. The van der Waals surface area contributed by atoms with Crippen LogP contribution in [0, 0.1) is 0 Å². The minimum absolute atomic E-state index is 0.429. The predicted octanol–water partition coefficient (Wildman–Crippen LogP) is 6.22. The molecular weight excluding hydrogens is 280 g/mol. The van der Waals surface area contributed by atoms with Crippen molar-refractivity contribution in [3.8, 4) is 0 Å². The molecule has 0 unspecified atom stereocenters. The molecule has 0 spiro atoms. The second kappa shape index (κ2) is 10.1. The quantitative estimate of drug-likeness (QED) is 0.602. The molecule has 1 nitrogen and oxygen atoms in total. The van der Waals surface area contributed by atoms with Crippen LogP contribution in [0.3, 0.4) is 0 Å². The van der Waals surface area contributed by atoms with Crippen molar-refractivity contribution in [2.75, 3.05) is 0 Å². The van der Waals surface area contributed by atoms with Gasteiger partial charge in [0.1, 0.15) is 0 Å². The van der Waals surface area contributed by atoms with Crippen LogP contribution in [0.1, 0.15) is 95.1 Å². The smallest absolute Gasteiger partial charge is 0.0619 e. The number of fused-ring (bicyclic) bond motifs is 16. The van der Waals surface area contributed by atoms with Crippen LogP contribution in [-0.4, -0.2) is 10.7 Å². The Labute approximate surface area is 143 Å². The first kappa shape index (κ1) is 18.5. The van der Waals surface area contributed by atoms with E-state index in [9.17, 15) is 5.11 Å². The summed E-state index contributed by atoms with van der Waals surface area (Å²) in [5.74, 6) is 0. The molecule has 0 aliphatic heterocycles. The van der Waals surface area contributed by atoms with E-state index < -0.39 is 5.60 Å². The summed E-state index contributed by atoms with van der Waals surface area (Å²) in [5.41, 5.74) is 2.56. The minimum atomic E-state index is -0.429. The summed E-state index contributed by atoms with van der Waals surface area (Å²) < 4.78 is 0. The van der Waals surface area contributed by atoms with E-state index in [0.717, 1.165) is 12.8 Å². The van der Waals surface area contributed by atoms with Crippen LogP contribution in [0.15, 0.2) is 24.3 Å². The van der Waals surface area contributed by atoms with Gasteiger partial charge >= 0.3 is 0 Å². The van der Waals surface area contributed by atoms with Gasteiger partial charge in [0.05, 0.1) is 5.60 Å². The first-order valence-corrected chi connectivity index (χ1v) is 9.96. The Hall–Kier alpha value is -0.820. The lowest BCUT2D eigenvalue weighted by Crippen LogP contribution is -2.23. The van der Waals surface area contributed by atoms with Crippen LogP contribution in [0.4, 0.5) is 0 Å². The van der Waals surface area contributed by atoms with E-state index in [4.69, 9.17) is 0 Å². The molecule has 1 heteroatoms. The highest BCUT2D eigenvalue weighted by molar-refractivity contribution is 5.22. The number of benzene rings is 1. The standard InChI is InChI=1S/C22H36O/c1-22(23)18-10-6-2-4-8-12-20-14-16-21(17-15-20)13-9-5-3-7-11-19-22/h14-17,23H,2-13,18-19H2,1H3. The van der Waals surface area contributed by atoms with Gasteiger partial charge < -0.3 is 5.11 Å². The van der Waals surface area contributed by atoms with Crippen molar-refractivity contribution in [3.05, 3.63) is 35.4 Å². The Morgan fingerprint density at radius 2 is 0.957 bits per heavy atom. The molecule has 0 radical (unpaired) electrons. The topological polar surface area (TPSA) is 20.2 Å². The first-order chi connectivity index (χ1) is 11.2. The summed E-state index contributed by atoms with van der Waals surface area (Å²) in [6.45, 7) is 2.04. The number of rotatable bonds is 0. The predicted molar refractivity (Wildman–Crippen MR) is 99.9 cm³/mol. The van der Waals surface area contributed by atoms with Gasteiger partial charge in [0.2, 0.25) is 0 Å². The number of aliphatic hydroxyl groups is 1. The lowest BCUT2D eigenvalue weighted by atomic mass is 9.91. The van der Waals surface area contributed by atoms with Gasteiger partial charge in [-0.15, -0.1) is 0 Å². The van der Waals surface area contributed by atoms with Crippen molar-refractivity contribution in [2.45, 2.75) is 102 Å². The molecule has 0 saturated carbocycles. The lowest BCUT2D eigenvalue weighted by Gasteiger charge is -2.23. The molecule has 0 aromatic heterocycles. The highest BCUT2D eigenvalue weighted by Gasteiger charge is 2.18. The maximum absolute atomic E-state index is 10.5. The van der Waals surface area contributed by atoms with Crippen molar-refractivity contribution in [1.82, 2.24) is 0 Å². The minimum Gasteiger partial charge on any atom is -0.390 e. The highest BCUT2D eigenvalue weighted by Crippen LogP contribution is 2.23. The van der Waals surface area contributed by atoms with Crippen LogP contribution >= 0.6 is 0 Å². The Bertz CT molecular complexity index is 379. The fraction of sp³-hybridized carbons (Fsp3) is 0.727. The molecule has 0 amide bonds. The van der Waals surface area contributed by atoms with E-state index in [1.54, 1.807) is 0 Å². The van der Waals surface area contributed by atoms with Gasteiger partial charge in [-0.2, -0.15) is 0 Å². The van der Waals surface area contributed by atoms with Crippen molar-refractivity contribution in [2.24, 2.45) is 0 Å². The zero-order valence-electron chi connectivity index (χ0n) is 15.2. The molecule has 3 rings (SSSR count). The van der Waals surface area contributed by atoms with E-state index in [0.29, 0.717) is 0 Å². The molecular formula is C22H36O. The lowest BCUT2D eigenvalue weighted by molar-refractivity contribution is 0.0366. The average molecular weight is 317 g/mol. The summed E-state index contributed by atoms with van der Waals surface area (Å²) in [7, 11) is 0. The Kier molecular flexibility index (Phi) is 8.16. The molecule has 1 aromatic rings. The molecule has 0 atom stereocenters. The molecule has 1 N–H and O–H groups in total. The fourth-order valence-corrected chi connectivity index (χ4v) is 3.73. The van der Waals surface area contributed by atoms with Gasteiger partial charge in [-0.25, -0.2) is 0 Å². The van der Waals surface area contributed by atoms with E-state index >= 15 is 0 Å². The van der Waals surface area contributed by atoms with E-state index in [2.05, 4.69) is 24.3 Å². The molecule has 1 aromatic carbocycles. The summed E-state index contributed by atoms with van der Waals surface area (Å²) in [5, 5.41) is 10.5. The third-order valence-corrected chi connectivity index (χ3v) is 5.38. The second-order valence-corrected chi connectivity index (χ2v) is 7.85. The van der Waals surface area contributed by atoms with Gasteiger partial charge in [0, 0.05) is 0 Å². The molecule has 2 aliphatic rings. The second-order valence-electron chi connectivity index (χ2n) is 7.85. The van der Waals surface area contributed by atoms with Crippen molar-refractivity contribution in [3.63, 3.8) is 0 Å². The van der Waals surface area contributed by atoms with Crippen molar-refractivity contribution >= 4 is 0 Å². The summed E-state index contributed by atoms with van der Waals surface area (Å²) >= 11 is 0. The molecule has 2 aliphatic carbocycles. The molecule has 130 valence electrons. The van der Waals surface area contributed by atoms with Crippen LogP contribution in [0.5, 0.6) is 0 Å². The summed E-state index contributed by atoms with van der Waals surface area (Å²) in [6.07, 6.45) is 17.2. The van der Waals surface area contributed by atoms with E-state index in [1.807, 2.05) is 6.92 Å². The Balaban J connectivity index is 1.81. The first-order valence-electron chi connectivity index (χ1n) is 9.96. The summed E-state index contributed by atoms with van der Waals surface area (Å²) in [6, 6.07) is 9.34. The third-order valence-electron chi connectivity index (χ3n) is 5.38. The monoisotopic (exact) mass is 316 g/mol. The average Bonchev–Trinajstić information content (AvgIpc) is 2.53. The van der Waals surface area contributed by atoms with Crippen molar-refractivity contribution < 1.29 is 5.11 Å². The van der Waals surface area contributed by atoms with E-state index in [1.165, 1.54) is 88.2 Å². The SMILES string of the molecule is CC1(O)CCCCCCCc2ccc(cc2)CCCCCCC1.